The fraction of sp³-hybridized carbons (Fsp3) is 0.583. The minimum absolute atomic E-state index is 0.0512. The molecule has 0 unspecified atom stereocenters. The Morgan fingerprint density at radius 2 is 2.18 bits per heavy atom. The largest absolute Gasteiger partial charge is 0.386 e. The highest BCUT2D eigenvalue weighted by atomic mass is 35.5. The molecule has 17 heavy (non-hydrogen) atoms. The van der Waals surface area contributed by atoms with Crippen LogP contribution in [0.1, 0.15) is 23.3 Å². The van der Waals surface area contributed by atoms with Crippen molar-refractivity contribution in [1.29, 1.82) is 0 Å². The van der Waals surface area contributed by atoms with Crippen molar-refractivity contribution in [3.8, 4) is 0 Å². The predicted octanol–water partition coefficient (Wildman–Crippen LogP) is 1.28. The van der Waals surface area contributed by atoms with Gasteiger partial charge in [-0.3, -0.25) is 4.79 Å². The number of likely N-dealkylation sites (tertiary alicyclic amines) is 1. The molecule has 2 aliphatic rings. The number of aromatic nitrogens is 1. The molecule has 0 spiro atoms. The van der Waals surface area contributed by atoms with Gasteiger partial charge in [0.25, 0.3) is 5.91 Å². The van der Waals surface area contributed by atoms with Crippen LogP contribution in [0.4, 0.5) is 0 Å². The van der Waals surface area contributed by atoms with Crippen molar-refractivity contribution in [3.05, 3.63) is 23.0 Å². The van der Waals surface area contributed by atoms with E-state index in [4.69, 9.17) is 11.6 Å². The van der Waals surface area contributed by atoms with Gasteiger partial charge in [-0.05, 0) is 24.8 Å². The van der Waals surface area contributed by atoms with Crippen LogP contribution in [0.2, 0.25) is 5.02 Å². The van der Waals surface area contributed by atoms with Gasteiger partial charge in [0.05, 0.1) is 18.1 Å². The second kappa shape index (κ2) is 3.50. The van der Waals surface area contributed by atoms with E-state index in [-0.39, 0.29) is 5.91 Å². The zero-order valence-corrected chi connectivity index (χ0v) is 10.4. The molecule has 4 nitrogen and oxygen atoms in total. The van der Waals surface area contributed by atoms with Crippen molar-refractivity contribution in [1.82, 2.24) is 9.47 Å². The number of nitrogens with zero attached hydrogens (tertiary/aromatic N) is 2. The van der Waals surface area contributed by atoms with Gasteiger partial charge in [0, 0.05) is 13.2 Å². The Kier molecular flexibility index (Phi) is 2.28. The molecule has 2 heterocycles. The van der Waals surface area contributed by atoms with Crippen LogP contribution in [0.5, 0.6) is 0 Å². The average Bonchev–Trinajstić information content (AvgIpc) is 3.00. The number of halogens is 1. The summed E-state index contributed by atoms with van der Waals surface area (Å²) in [7, 11) is 1.80. The third-order valence-corrected chi connectivity index (χ3v) is 3.95. The molecule has 1 saturated carbocycles. The minimum atomic E-state index is -0.620. The molecular weight excluding hydrogens is 240 g/mol. The maximum atomic E-state index is 12.1. The van der Waals surface area contributed by atoms with Crippen molar-refractivity contribution in [2.45, 2.75) is 18.4 Å². The van der Waals surface area contributed by atoms with E-state index < -0.39 is 5.60 Å². The summed E-state index contributed by atoms with van der Waals surface area (Å²) in [4.78, 5) is 13.8. The molecule has 1 aromatic rings. The van der Waals surface area contributed by atoms with Gasteiger partial charge in [0.1, 0.15) is 11.3 Å². The molecule has 3 rings (SSSR count). The zero-order chi connectivity index (χ0) is 12.2. The van der Waals surface area contributed by atoms with E-state index in [1.54, 1.807) is 28.8 Å². The van der Waals surface area contributed by atoms with Crippen LogP contribution in [-0.4, -0.2) is 39.2 Å². The molecule has 1 aliphatic heterocycles. The monoisotopic (exact) mass is 254 g/mol. The van der Waals surface area contributed by atoms with E-state index in [0.717, 1.165) is 12.8 Å². The molecule has 0 atom stereocenters. The van der Waals surface area contributed by atoms with E-state index in [1.807, 2.05) is 0 Å². The van der Waals surface area contributed by atoms with E-state index >= 15 is 0 Å². The topological polar surface area (TPSA) is 45.5 Å². The lowest BCUT2D eigenvalue weighted by atomic mass is 9.88. The first-order valence-electron chi connectivity index (χ1n) is 5.83. The summed E-state index contributed by atoms with van der Waals surface area (Å²) in [6.45, 7) is 0.915. The summed E-state index contributed by atoms with van der Waals surface area (Å²) in [5.74, 6) is 0.355. The lowest BCUT2D eigenvalue weighted by Gasteiger charge is -2.46. The van der Waals surface area contributed by atoms with Gasteiger partial charge in [-0.25, -0.2) is 0 Å². The minimum Gasteiger partial charge on any atom is -0.386 e. The number of aryl methyl sites for hydroxylation is 1. The first kappa shape index (κ1) is 11.1. The second-order valence-electron chi connectivity index (χ2n) is 5.19. The van der Waals surface area contributed by atoms with Gasteiger partial charge in [-0.15, -0.1) is 0 Å². The molecular formula is C12H15ClN2O2. The highest BCUT2D eigenvalue weighted by Crippen LogP contribution is 2.44. The van der Waals surface area contributed by atoms with Crippen molar-refractivity contribution >= 4 is 17.5 Å². The quantitative estimate of drug-likeness (QED) is 0.864. The van der Waals surface area contributed by atoms with Crippen LogP contribution in [0.3, 0.4) is 0 Å². The molecule has 1 saturated heterocycles. The van der Waals surface area contributed by atoms with Gasteiger partial charge in [-0.1, -0.05) is 11.6 Å². The second-order valence-corrected chi connectivity index (χ2v) is 5.63. The number of carbonyl (C=O) groups excluding carboxylic acids is 1. The summed E-state index contributed by atoms with van der Waals surface area (Å²) in [5.41, 5.74) is -0.0437. The van der Waals surface area contributed by atoms with E-state index in [2.05, 4.69) is 0 Å². The van der Waals surface area contributed by atoms with Gasteiger partial charge >= 0.3 is 0 Å². The number of amides is 1. The van der Waals surface area contributed by atoms with Crippen molar-refractivity contribution in [2.24, 2.45) is 13.0 Å². The number of hydrogen-bond donors (Lipinski definition) is 1. The summed E-state index contributed by atoms with van der Waals surface area (Å²) >= 11 is 5.85. The SMILES string of the molecule is Cn1cc(Cl)cc1C(=O)N1CC(O)(C2CC2)C1. The molecule has 0 aromatic carbocycles. The Labute approximate surface area is 105 Å². The number of β-amino-alcohol motifs (C(OH)–C–C–N with tert-alkyl or cyclic N) is 1. The fourth-order valence-electron chi connectivity index (χ4n) is 2.54. The highest BCUT2D eigenvalue weighted by molar-refractivity contribution is 6.31. The van der Waals surface area contributed by atoms with Crippen molar-refractivity contribution in [3.63, 3.8) is 0 Å². The first-order chi connectivity index (χ1) is 7.99. The molecule has 1 amide bonds. The van der Waals surface area contributed by atoms with Crippen LogP contribution in [0, 0.1) is 5.92 Å². The zero-order valence-electron chi connectivity index (χ0n) is 9.69. The van der Waals surface area contributed by atoms with Crippen molar-refractivity contribution in [2.75, 3.05) is 13.1 Å². The Morgan fingerprint density at radius 3 is 2.65 bits per heavy atom. The van der Waals surface area contributed by atoms with E-state index in [9.17, 15) is 9.90 Å². The molecule has 1 aliphatic carbocycles. The summed E-state index contributed by atoms with van der Waals surface area (Å²) in [6.07, 6.45) is 3.89. The maximum absolute atomic E-state index is 12.1. The Morgan fingerprint density at radius 1 is 1.53 bits per heavy atom. The number of hydrogen-bond acceptors (Lipinski definition) is 2. The van der Waals surface area contributed by atoms with Gasteiger partial charge < -0.3 is 14.6 Å². The van der Waals surface area contributed by atoms with Crippen LogP contribution < -0.4 is 0 Å². The van der Waals surface area contributed by atoms with E-state index in [1.165, 1.54) is 0 Å². The standard InChI is InChI=1S/C12H15ClN2O2/c1-14-5-9(13)4-10(14)11(16)15-6-12(17,7-15)8-2-3-8/h4-5,8,17H,2-3,6-7H2,1H3. The Hall–Kier alpha value is -1.00. The third kappa shape index (κ3) is 1.76. The first-order valence-corrected chi connectivity index (χ1v) is 6.21. The average molecular weight is 255 g/mol. The summed E-state index contributed by atoms with van der Waals surface area (Å²) < 4.78 is 1.72. The number of carbonyl (C=O) groups is 1. The molecule has 0 radical (unpaired) electrons. The van der Waals surface area contributed by atoms with Crippen LogP contribution in [0.25, 0.3) is 0 Å². The lowest BCUT2D eigenvalue weighted by molar-refractivity contribution is -0.0960. The van der Waals surface area contributed by atoms with Crippen LogP contribution >= 0.6 is 11.6 Å². The highest BCUT2D eigenvalue weighted by Gasteiger charge is 2.53. The predicted molar refractivity (Wildman–Crippen MR) is 64.0 cm³/mol. The summed E-state index contributed by atoms with van der Waals surface area (Å²) in [5, 5.41) is 10.7. The lowest BCUT2D eigenvalue weighted by Crippen LogP contribution is -2.64. The molecule has 5 heteroatoms. The van der Waals surface area contributed by atoms with Gasteiger partial charge in [0.15, 0.2) is 0 Å². The normalized spacial score (nSPS) is 22.4. The summed E-state index contributed by atoms with van der Waals surface area (Å²) in [6, 6.07) is 1.67. The van der Waals surface area contributed by atoms with Gasteiger partial charge in [-0.2, -0.15) is 0 Å². The Bertz CT molecular complexity index is 473. The van der Waals surface area contributed by atoms with Gasteiger partial charge in [0.2, 0.25) is 0 Å². The maximum Gasteiger partial charge on any atom is 0.270 e. The van der Waals surface area contributed by atoms with E-state index in [0.29, 0.717) is 29.7 Å². The van der Waals surface area contributed by atoms with Crippen molar-refractivity contribution < 1.29 is 9.90 Å². The molecule has 0 bridgehead atoms. The third-order valence-electron chi connectivity index (χ3n) is 3.74. The Balaban J connectivity index is 1.71. The smallest absolute Gasteiger partial charge is 0.270 e. The fourth-order valence-corrected chi connectivity index (χ4v) is 2.79. The van der Waals surface area contributed by atoms with Crippen LogP contribution in [-0.2, 0) is 7.05 Å². The van der Waals surface area contributed by atoms with Crippen LogP contribution in [0.15, 0.2) is 12.3 Å². The molecule has 2 fully saturated rings. The molecule has 1 aromatic heterocycles. The molecule has 1 N–H and O–H groups in total. The molecule has 92 valence electrons. The number of aliphatic hydroxyl groups is 1. The number of rotatable bonds is 2.